The van der Waals surface area contributed by atoms with Gasteiger partial charge in [0.15, 0.2) is 11.6 Å². The number of hydroxylamine groups is 1. The Balaban J connectivity index is 3.00. The lowest BCUT2D eigenvalue weighted by molar-refractivity contribution is -0.136. The smallest absolute Gasteiger partial charge is 0.318 e. The standard InChI is InChI=1S/C22H40N4O5/c1-5-8-9-10-16(13-19(28)25-31)21(29)17-14-23-11-12-26(17)22(30)24-20(15(4)6-2)18(27)7-3/h15-17,20,23,31H,5-14H2,1-4H3,(H,24,30)(H,25,28)/t15-,16-,17+,20-/m1/s1. The molecule has 178 valence electrons. The van der Waals surface area contributed by atoms with Crippen LogP contribution in [-0.2, 0) is 14.4 Å². The fourth-order valence-corrected chi connectivity index (χ4v) is 3.94. The van der Waals surface area contributed by atoms with E-state index >= 15 is 0 Å². The van der Waals surface area contributed by atoms with E-state index in [9.17, 15) is 19.2 Å². The second-order valence-electron chi connectivity index (χ2n) is 8.38. The van der Waals surface area contributed by atoms with Crippen molar-refractivity contribution in [1.29, 1.82) is 0 Å². The Kier molecular flexibility index (Phi) is 12.3. The maximum absolute atomic E-state index is 13.3. The number of nitrogens with zero attached hydrogens (tertiary/aromatic N) is 1. The summed E-state index contributed by atoms with van der Waals surface area (Å²) in [6.45, 7) is 8.90. The minimum Gasteiger partial charge on any atom is -0.328 e. The first-order chi connectivity index (χ1) is 14.8. The fourth-order valence-electron chi connectivity index (χ4n) is 3.94. The Bertz CT molecular complexity index is 613. The highest BCUT2D eigenvalue weighted by atomic mass is 16.5. The van der Waals surface area contributed by atoms with Gasteiger partial charge in [0.25, 0.3) is 0 Å². The molecule has 0 saturated carbocycles. The summed E-state index contributed by atoms with van der Waals surface area (Å²) in [7, 11) is 0. The Morgan fingerprint density at radius 1 is 1.16 bits per heavy atom. The van der Waals surface area contributed by atoms with Crippen LogP contribution in [0.15, 0.2) is 0 Å². The molecule has 0 aromatic carbocycles. The highest BCUT2D eigenvalue weighted by Gasteiger charge is 2.37. The van der Waals surface area contributed by atoms with E-state index in [0.29, 0.717) is 32.5 Å². The third-order valence-electron chi connectivity index (χ3n) is 6.13. The lowest BCUT2D eigenvalue weighted by atomic mass is 9.88. The van der Waals surface area contributed by atoms with E-state index in [4.69, 9.17) is 5.21 Å². The monoisotopic (exact) mass is 440 g/mol. The van der Waals surface area contributed by atoms with Gasteiger partial charge in [-0.25, -0.2) is 10.3 Å². The van der Waals surface area contributed by atoms with Gasteiger partial charge in [-0.2, -0.15) is 0 Å². The molecule has 1 aliphatic heterocycles. The molecule has 0 unspecified atom stereocenters. The van der Waals surface area contributed by atoms with Gasteiger partial charge in [-0.15, -0.1) is 0 Å². The predicted octanol–water partition coefficient (Wildman–Crippen LogP) is 2.02. The zero-order valence-corrected chi connectivity index (χ0v) is 19.4. The SMILES string of the molecule is CCCCC[C@H](CC(=O)NO)C(=O)[C@@H]1CNCCN1C(=O)N[C@@H](C(=O)CC)[C@H](C)CC. The zero-order valence-electron chi connectivity index (χ0n) is 19.4. The Morgan fingerprint density at radius 3 is 2.45 bits per heavy atom. The molecule has 1 heterocycles. The largest absolute Gasteiger partial charge is 0.328 e. The van der Waals surface area contributed by atoms with Crippen molar-refractivity contribution >= 4 is 23.5 Å². The molecule has 1 saturated heterocycles. The quantitative estimate of drug-likeness (QED) is 0.197. The molecule has 9 nitrogen and oxygen atoms in total. The van der Waals surface area contributed by atoms with Crippen LogP contribution < -0.4 is 16.1 Å². The van der Waals surface area contributed by atoms with Gasteiger partial charge in [-0.05, 0) is 12.3 Å². The van der Waals surface area contributed by atoms with Crippen molar-refractivity contribution in [3.63, 3.8) is 0 Å². The van der Waals surface area contributed by atoms with Crippen LogP contribution in [0.3, 0.4) is 0 Å². The van der Waals surface area contributed by atoms with Crippen LogP contribution in [0.4, 0.5) is 4.79 Å². The molecule has 0 aromatic rings. The number of amides is 3. The normalized spacial score (nSPS) is 19.3. The van der Waals surface area contributed by atoms with Crippen molar-refractivity contribution in [2.24, 2.45) is 11.8 Å². The summed E-state index contributed by atoms with van der Waals surface area (Å²) in [6, 6.07) is -1.74. The number of unbranched alkanes of at least 4 members (excludes halogenated alkanes) is 2. The van der Waals surface area contributed by atoms with Gasteiger partial charge >= 0.3 is 6.03 Å². The number of rotatable bonds is 13. The average molecular weight is 441 g/mol. The van der Waals surface area contributed by atoms with E-state index in [1.54, 1.807) is 12.4 Å². The summed E-state index contributed by atoms with van der Waals surface area (Å²) >= 11 is 0. The number of Topliss-reactive ketones (excluding diaryl/α,β-unsaturated/α-hetero) is 2. The molecule has 31 heavy (non-hydrogen) atoms. The molecule has 1 aliphatic rings. The fraction of sp³-hybridized carbons (Fsp3) is 0.818. The van der Waals surface area contributed by atoms with Crippen LogP contribution in [0.1, 0.15) is 72.6 Å². The van der Waals surface area contributed by atoms with Crippen molar-refractivity contribution in [1.82, 2.24) is 21.0 Å². The van der Waals surface area contributed by atoms with Crippen molar-refractivity contribution in [3.05, 3.63) is 0 Å². The summed E-state index contributed by atoms with van der Waals surface area (Å²) in [5.41, 5.74) is 1.60. The molecular weight excluding hydrogens is 400 g/mol. The van der Waals surface area contributed by atoms with Crippen molar-refractivity contribution in [2.75, 3.05) is 19.6 Å². The maximum atomic E-state index is 13.3. The lowest BCUT2D eigenvalue weighted by Gasteiger charge is -2.38. The first kappa shape index (κ1) is 27.0. The second-order valence-corrected chi connectivity index (χ2v) is 8.38. The number of urea groups is 1. The van der Waals surface area contributed by atoms with Gasteiger partial charge in [-0.3, -0.25) is 19.6 Å². The molecular formula is C22H40N4O5. The number of hydrogen-bond acceptors (Lipinski definition) is 6. The van der Waals surface area contributed by atoms with Gasteiger partial charge < -0.3 is 15.5 Å². The molecule has 0 aliphatic carbocycles. The third kappa shape index (κ3) is 8.22. The van der Waals surface area contributed by atoms with E-state index in [-0.39, 0.29) is 23.9 Å². The Morgan fingerprint density at radius 2 is 1.87 bits per heavy atom. The number of carbonyl (C=O) groups is 4. The maximum Gasteiger partial charge on any atom is 0.318 e. The van der Waals surface area contributed by atoms with Crippen LogP contribution in [0.25, 0.3) is 0 Å². The van der Waals surface area contributed by atoms with Gasteiger partial charge in [0, 0.05) is 38.4 Å². The minimum atomic E-state index is -0.721. The van der Waals surface area contributed by atoms with E-state index < -0.39 is 29.9 Å². The van der Waals surface area contributed by atoms with Crippen LogP contribution in [0.2, 0.25) is 0 Å². The number of hydrogen-bond donors (Lipinski definition) is 4. The Labute approximate surface area is 185 Å². The van der Waals surface area contributed by atoms with Crippen molar-refractivity contribution < 1.29 is 24.4 Å². The second kappa shape index (κ2) is 14.1. The molecule has 9 heteroatoms. The van der Waals surface area contributed by atoms with E-state index in [1.165, 1.54) is 4.90 Å². The van der Waals surface area contributed by atoms with Gasteiger partial charge in [0.05, 0.1) is 6.04 Å². The lowest BCUT2D eigenvalue weighted by Crippen LogP contribution is -2.62. The molecule has 0 bridgehead atoms. The van der Waals surface area contributed by atoms with Crippen LogP contribution in [0, 0.1) is 11.8 Å². The predicted molar refractivity (Wildman–Crippen MR) is 118 cm³/mol. The van der Waals surface area contributed by atoms with E-state index in [1.807, 2.05) is 13.8 Å². The van der Waals surface area contributed by atoms with Gasteiger partial charge in [-0.1, -0.05) is 53.4 Å². The topological polar surface area (TPSA) is 128 Å². The molecule has 1 rings (SSSR count). The van der Waals surface area contributed by atoms with Crippen molar-refractivity contribution in [2.45, 2.75) is 84.7 Å². The molecule has 0 radical (unpaired) electrons. The van der Waals surface area contributed by atoms with Crippen LogP contribution in [-0.4, -0.2) is 65.3 Å². The van der Waals surface area contributed by atoms with Gasteiger partial charge in [0.2, 0.25) is 5.91 Å². The summed E-state index contributed by atoms with van der Waals surface area (Å²) in [5, 5.41) is 14.9. The molecule has 0 aromatic heterocycles. The third-order valence-corrected chi connectivity index (χ3v) is 6.13. The summed E-state index contributed by atoms with van der Waals surface area (Å²) in [5.74, 6) is -1.42. The van der Waals surface area contributed by atoms with Crippen LogP contribution >= 0.6 is 0 Å². The summed E-state index contributed by atoms with van der Waals surface area (Å²) < 4.78 is 0. The molecule has 1 fully saturated rings. The number of piperazine rings is 1. The average Bonchev–Trinajstić information content (AvgIpc) is 2.80. The molecule has 4 N–H and O–H groups in total. The van der Waals surface area contributed by atoms with Crippen molar-refractivity contribution in [3.8, 4) is 0 Å². The first-order valence-corrected chi connectivity index (χ1v) is 11.6. The number of ketones is 2. The zero-order chi connectivity index (χ0) is 23.4. The molecule has 0 spiro atoms. The molecule has 3 amide bonds. The van der Waals surface area contributed by atoms with E-state index in [2.05, 4.69) is 17.6 Å². The molecule has 4 atom stereocenters. The number of carbonyl (C=O) groups excluding carboxylic acids is 4. The highest BCUT2D eigenvalue weighted by molar-refractivity contribution is 5.94. The first-order valence-electron chi connectivity index (χ1n) is 11.6. The van der Waals surface area contributed by atoms with Gasteiger partial charge in [0.1, 0.15) is 6.04 Å². The summed E-state index contributed by atoms with van der Waals surface area (Å²) in [4.78, 5) is 52.0. The van der Waals surface area contributed by atoms with E-state index in [0.717, 1.165) is 25.7 Å². The minimum absolute atomic E-state index is 0.0106. The summed E-state index contributed by atoms with van der Waals surface area (Å²) in [6.07, 6.45) is 4.19. The Hall–Kier alpha value is -2.00. The number of nitrogens with one attached hydrogen (secondary N) is 3. The highest BCUT2D eigenvalue weighted by Crippen LogP contribution is 2.21. The van der Waals surface area contributed by atoms with Crippen LogP contribution in [0.5, 0.6) is 0 Å².